The summed E-state index contributed by atoms with van der Waals surface area (Å²) in [7, 11) is -4.64. The van der Waals surface area contributed by atoms with Gasteiger partial charge in [-0.15, -0.1) is 13.2 Å². The van der Waals surface area contributed by atoms with Gasteiger partial charge in [0.1, 0.15) is 10.6 Å². The fraction of sp³-hybridized carbons (Fsp3) is 0.294. The van der Waals surface area contributed by atoms with E-state index >= 15 is 0 Å². The number of carbonyl (C=O) groups is 1. The maximum Gasteiger partial charge on any atom is 0.573 e. The first-order chi connectivity index (χ1) is 14.6. The third-order valence-corrected chi connectivity index (χ3v) is 6.25. The molecule has 1 aromatic carbocycles. The molecular formula is C17H13F6N3O5S. The number of alkyl halides is 6. The van der Waals surface area contributed by atoms with Crippen LogP contribution in [0.3, 0.4) is 0 Å². The van der Waals surface area contributed by atoms with Crippen LogP contribution in [0.25, 0.3) is 0 Å². The van der Waals surface area contributed by atoms with Gasteiger partial charge in [-0.05, 0) is 18.2 Å². The van der Waals surface area contributed by atoms with Crippen LogP contribution < -0.4 is 10.5 Å². The van der Waals surface area contributed by atoms with Crippen LogP contribution in [-0.4, -0.2) is 60.5 Å². The number of hydrogen-bond acceptors (Lipinski definition) is 7. The van der Waals surface area contributed by atoms with Crippen molar-refractivity contribution in [3.63, 3.8) is 0 Å². The normalized spacial score (nSPS) is 16.4. The molecule has 1 aromatic heterocycles. The second kappa shape index (κ2) is 7.51. The number of aromatic nitrogens is 1. The predicted octanol–water partition coefficient (Wildman–Crippen LogP) is 2.14. The van der Waals surface area contributed by atoms with E-state index in [0.717, 1.165) is 30.3 Å². The highest BCUT2D eigenvalue weighted by Gasteiger charge is 2.62. The largest absolute Gasteiger partial charge is 0.573 e. The van der Waals surface area contributed by atoms with Gasteiger partial charge in [-0.3, -0.25) is 4.79 Å². The smallest absolute Gasteiger partial charge is 0.404 e. The average molecular weight is 485 g/mol. The van der Waals surface area contributed by atoms with Gasteiger partial charge in [0.2, 0.25) is 9.84 Å². The Morgan fingerprint density at radius 1 is 1.16 bits per heavy atom. The highest BCUT2D eigenvalue weighted by atomic mass is 32.2. The maximum atomic E-state index is 12.8. The number of carbonyl (C=O) groups excluding carboxylic acids is 1. The Balaban J connectivity index is 1.88. The van der Waals surface area contributed by atoms with Gasteiger partial charge in [-0.2, -0.15) is 13.2 Å². The maximum absolute atomic E-state index is 12.8. The number of ether oxygens (including phenoxy) is 1. The van der Waals surface area contributed by atoms with E-state index in [1.54, 1.807) is 0 Å². The second-order valence-corrected chi connectivity index (χ2v) is 8.72. The molecule has 3 N–H and O–H groups in total. The van der Waals surface area contributed by atoms with E-state index < -0.39 is 73.9 Å². The van der Waals surface area contributed by atoms with Crippen LogP contribution in [0.1, 0.15) is 10.5 Å². The number of nitrogen functional groups attached to an aromatic ring is 1. The third kappa shape index (κ3) is 4.29. The van der Waals surface area contributed by atoms with Crippen LogP contribution in [0.2, 0.25) is 0 Å². The lowest BCUT2D eigenvalue weighted by Crippen LogP contribution is -2.70. The zero-order chi connectivity index (χ0) is 24.1. The van der Waals surface area contributed by atoms with Gasteiger partial charge in [0.25, 0.3) is 5.91 Å². The van der Waals surface area contributed by atoms with E-state index in [9.17, 15) is 44.7 Å². The summed E-state index contributed by atoms with van der Waals surface area (Å²) in [5.74, 6) is -2.10. The summed E-state index contributed by atoms with van der Waals surface area (Å²) in [6.45, 7) is -2.14. The van der Waals surface area contributed by atoms with E-state index in [-0.39, 0.29) is 0 Å². The average Bonchev–Trinajstić information content (AvgIpc) is 2.63. The molecule has 2 aromatic rings. The van der Waals surface area contributed by atoms with Gasteiger partial charge in [-0.25, -0.2) is 13.4 Å². The first-order valence-electron chi connectivity index (χ1n) is 8.49. The van der Waals surface area contributed by atoms with E-state index in [4.69, 9.17) is 5.73 Å². The topological polar surface area (TPSA) is 123 Å². The highest BCUT2D eigenvalue weighted by Crippen LogP contribution is 2.39. The molecule has 1 aliphatic heterocycles. The van der Waals surface area contributed by atoms with Crippen molar-refractivity contribution in [3.05, 3.63) is 42.2 Å². The number of hydrogen-bond donors (Lipinski definition) is 2. The predicted molar refractivity (Wildman–Crippen MR) is 94.1 cm³/mol. The second-order valence-electron chi connectivity index (χ2n) is 6.80. The van der Waals surface area contributed by atoms with Gasteiger partial charge >= 0.3 is 12.5 Å². The first kappa shape index (κ1) is 23.6. The number of rotatable bonds is 4. The standard InChI is InChI=1S/C17H13F6N3O5S/c18-16(19,20)15(28)7-26(8-15)14(27)13-10(24)5-9(6-25-13)32(29,30)12-4-2-1-3-11(12)31-17(21,22)23/h1-6,28H,7-8,24H2. The molecule has 15 heteroatoms. The van der Waals surface area contributed by atoms with Crippen LogP contribution in [0.15, 0.2) is 46.3 Å². The molecule has 0 radical (unpaired) electrons. The van der Waals surface area contributed by atoms with Crippen molar-refractivity contribution in [3.8, 4) is 5.75 Å². The van der Waals surface area contributed by atoms with E-state index in [2.05, 4.69) is 9.72 Å². The Hall–Kier alpha value is -3.07. The van der Waals surface area contributed by atoms with Crippen LogP contribution in [0.5, 0.6) is 5.75 Å². The number of nitrogens with two attached hydrogens (primary N) is 1. The number of halogens is 6. The number of nitrogens with zero attached hydrogens (tertiary/aromatic N) is 2. The molecule has 174 valence electrons. The van der Waals surface area contributed by atoms with Crippen molar-refractivity contribution in [2.45, 2.75) is 27.9 Å². The Labute approximate surface area is 176 Å². The Kier molecular flexibility index (Phi) is 5.54. The fourth-order valence-corrected chi connectivity index (χ4v) is 4.21. The van der Waals surface area contributed by atoms with Gasteiger partial charge in [0.05, 0.1) is 23.7 Å². The van der Waals surface area contributed by atoms with Crippen molar-refractivity contribution < 1.29 is 49.4 Å². The summed E-state index contributed by atoms with van der Waals surface area (Å²) < 4.78 is 105. The molecule has 1 fully saturated rings. The molecule has 1 aliphatic rings. The monoisotopic (exact) mass is 485 g/mol. The zero-order valence-electron chi connectivity index (χ0n) is 15.6. The molecule has 1 saturated heterocycles. The minimum absolute atomic E-state index is 0.548. The zero-order valence-corrected chi connectivity index (χ0v) is 16.4. The van der Waals surface area contributed by atoms with Gasteiger partial charge in [0.15, 0.2) is 11.3 Å². The molecule has 32 heavy (non-hydrogen) atoms. The number of aliphatic hydroxyl groups is 1. The van der Waals surface area contributed by atoms with Crippen LogP contribution in [-0.2, 0) is 9.84 Å². The summed E-state index contributed by atoms with van der Waals surface area (Å²) in [5, 5.41) is 9.42. The van der Waals surface area contributed by atoms with Crippen molar-refractivity contribution >= 4 is 21.4 Å². The number of pyridine rings is 1. The number of amides is 1. The third-order valence-electron chi connectivity index (χ3n) is 4.49. The molecule has 0 spiro atoms. The van der Waals surface area contributed by atoms with Gasteiger partial charge < -0.3 is 20.5 Å². The summed E-state index contributed by atoms with van der Waals surface area (Å²) >= 11 is 0. The van der Waals surface area contributed by atoms with Gasteiger partial charge in [-0.1, -0.05) is 12.1 Å². The lowest BCUT2D eigenvalue weighted by atomic mass is 9.93. The quantitative estimate of drug-likeness (QED) is 0.637. The molecule has 3 rings (SSSR count). The fourth-order valence-electron chi connectivity index (χ4n) is 2.85. The molecule has 0 saturated carbocycles. The first-order valence-corrected chi connectivity index (χ1v) is 9.97. The molecular weight excluding hydrogens is 472 g/mol. The van der Waals surface area contributed by atoms with Crippen LogP contribution in [0.4, 0.5) is 32.0 Å². The number of benzene rings is 1. The number of likely N-dealkylation sites (tertiary alicyclic amines) is 1. The van der Waals surface area contributed by atoms with E-state index in [0.29, 0.717) is 11.1 Å². The summed E-state index contributed by atoms with van der Waals surface area (Å²) in [5.41, 5.74) is 1.42. The summed E-state index contributed by atoms with van der Waals surface area (Å²) in [6.07, 6.45) is -9.51. The van der Waals surface area contributed by atoms with Crippen molar-refractivity contribution in [1.82, 2.24) is 9.88 Å². The van der Waals surface area contributed by atoms with E-state index in [1.807, 2.05) is 0 Å². The summed E-state index contributed by atoms with van der Waals surface area (Å²) in [4.78, 5) is 15.0. The highest BCUT2D eigenvalue weighted by molar-refractivity contribution is 7.91. The molecule has 1 amide bonds. The summed E-state index contributed by atoms with van der Waals surface area (Å²) in [6, 6.07) is 4.63. The lowest BCUT2D eigenvalue weighted by Gasteiger charge is -2.46. The Bertz CT molecular complexity index is 1160. The van der Waals surface area contributed by atoms with Crippen molar-refractivity contribution in [1.29, 1.82) is 0 Å². The molecule has 8 nitrogen and oxygen atoms in total. The molecule has 0 aliphatic carbocycles. The van der Waals surface area contributed by atoms with Crippen LogP contribution >= 0.6 is 0 Å². The molecule has 0 atom stereocenters. The molecule has 0 bridgehead atoms. The molecule has 2 heterocycles. The van der Waals surface area contributed by atoms with Crippen molar-refractivity contribution in [2.75, 3.05) is 18.8 Å². The Morgan fingerprint density at radius 2 is 1.75 bits per heavy atom. The number of β-amino-alcohol motifs (C(OH)–C–C–N with tert-alkyl or cyclic N) is 1. The number of sulfone groups is 1. The number of anilines is 1. The van der Waals surface area contributed by atoms with Crippen LogP contribution in [0, 0.1) is 0 Å². The number of para-hydroxylation sites is 1. The lowest BCUT2D eigenvalue weighted by molar-refractivity contribution is -0.294. The molecule has 0 unspecified atom stereocenters. The Morgan fingerprint density at radius 3 is 2.28 bits per heavy atom. The minimum Gasteiger partial charge on any atom is -0.404 e. The minimum atomic E-state index is -5.17. The van der Waals surface area contributed by atoms with Gasteiger partial charge in [0, 0.05) is 6.20 Å². The van der Waals surface area contributed by atoms with Crippen molar-refractivity contribution in [2.24, 2.45) is 0 Å². The SMILES string of the molecule is Nc1cc(S(=O)(=O)c2ccccc2OC(F)(F)F)cnc1C(=O)N1CC(O)(C(F)(F)F)C1. The van der Waals surface area contributed by atoms with E-state index in [1.165, 1.54) is 0 Å².